The van der Waals surface area contributed by atoms with E-state index in [1.807, 2.05) is 0 Å². The van der Waals surface area contributed by atoms with E-state index in [0.717, 1.165) is 17.1 Å². The quantitative estimate of drug-likeness (QED) is 0.148. The molecule has 1 nitrogen and oxygen atoms in total. The van der Waals surface area contributed by atoms with Gasteiger partial charge < -0.3 is 4.90 Å². The Morgan fingerprint density at radius 2 is 0.828 bits per heavy atom. The normalized spacial score (nSPS) is 14.3. The van der Waals surface area contributed by atoms with E-state index in [2.05, 4.69) is 235 Å². The van der Waals surface area contributed by atoms with E-state index in [0.29, 0.717) is 5.92 Å². The fourth-order valence-electron chi connectivity index (χ4n) is 11.7. The Kier molecular flexibility index (Phi) is 9.56. The molecule has 0 bridgehead atoms. The Balaban J connectivity index is 1.19. The second-order valence-corrected chi connectivity index (χ2v) is 17.7. The van der Waals surface area contributed by atoms with Crippen LogP contribution in [0.2, 0.25) is 0 Å². The fraction of sp³-hybridized carbons (Fsp3) is 0.111. The van der Waals surface area contributed by atoms with E-state index in [1.54, 1.807) is 0 Å². The molecular weight excluding hydrogens is 771 g/mol. The van der Waals surface area contributed by atoms with Gasteiger partial charge in [0.15, 0.2) is 0 Å². The fourth-order valence-corrected chi connectivity index (χ4v) is 11.7. The predicted molar refractivity (Wildman–Crippen MR) is 270 cm³/mol. The first-order valence-electron chi connectivity index (χ1n) is 23.1. The zero-order valence-electron chi connectivity index (χ0n) is 36.0. The van der Waals surface area contributed by atoms with Crippen molar-refractivity contribution in [3.05, 3.63) is 258 Å². The van der Waals surface area contributed by atoms with Crippen LogP contribution < -0.4 is 4.90 Å². The Morgan fingerprint density at radius 1 is 0.344 bits per heavy atom. The minimum absolute atomic E-state index is 0.532. The maximum atomic E-state index is 2.61. The first-order chi connectivity index (χ1) is 31.8. The molecule has 306 valence electrons. The molecule has 1 heteroatoms. The summed E-state index contributed by atoms with van der Waals surface area (Å²) in [5, 5.41) is 5.18. The molecule has 0 aromatic heterocycles. The van der Waals surface area contributed by atoms with Gasteiger partial charge in [0.25, 0.3) is 0 Å². The van der Waals surface area contributed by atoms with Gasteiger partial charge in [0.05, 0.1) is 22.5 Å². The number of hydrogen-bond acceptors (Lipinski definition) is 1. The summed E-state index contributed by atoms with van der Waals surface area (Å²) in [4.78, 5) is 2.61. The van der Waals surface area contributed by atoms with Gasteiger partial charge >= 0.3 is 0 Å². The topological polar surface area (TPSA) is 3.24 Å². The lowest BCUT2D eigenvalue weighted by Crippen LogP contribution is -2.28. The molecule has 0 spiro atoms. The molecule has 12 rings (SSSR count). The molecule has 64 heavy (non-hydrogen) atoms. The Bertz CT molecular complexity index is 3270. The second-order valence-electron chi connectivity index (χ2n) is 17.7. The van der Waals surface area contributed by atoms with Gasteiger partial charge in [0.2, 0.25) is 0 Å². The molecule has 0 unspecified atom stereocenters. The molecule has 0 aliphatic heterocycles. The average Bonchev–Trinajstić information content (AvgIpc) is 3.69. The third-order valence-electron chi connectivity index (χ3n) is 14.3. The summed E-state index contributed by atoms with van der Waals surface area (Å²) in [5.41, 5.74) is 17.0. The van der Waals surface area contributed by atoms with E-state index in [-0.39, 0.29) is 0 Å². The standard InChI is InChI=1S/C63H49N/c1-4-22-45(23-5-1)50-36-19-26-46-27-20-38-54(61(46)50)53-34-14-17-42-59(53)64(58-41-16-13-33-52(58)51-37-18-25-44-24-10-11-32-49(44)51)60-43-21-40-57-62(60)55-35-12-15-39-56(55)63(57,47-28-6-2-7-29-47)48-30-8-3-9-31-48/h2-3,6-21,24-43,45H,1,4-5,22-23H2. The number of nitrogens with zero attached hydrogens (tertiary/aromatic N) is 1. The van der Waals surface area contributed by atoms with Gasteiger partial charge in [-0.05, 0) is 103 Å². The molecule has 1 fully saturated rings. The summed E-state index contributed by atoms with van der Waals surface area (Å²) in [6.07, 6.45) is 6.43. The van der Waals surface area contributed by atoms with E-state index in [9.17, 15) is 0 Å². The summed E-state index contributed by atoms with van der Waals surface area (Å²) in [6, 6.07) is 86.3. The van der Waals surface area contributed by atoms with Gasteiger partial charge in [-0.2, -0.15) is 0 Å². The SMILES string of the molecule is c1ccc(C2(c3ccccc3)c3ccccc3-c3c(N(c4ccccc4-c4cccc5ccccc45)c4ccccc4-c4cccc5cccc(C6CCCCC6)c45)cccc32)cc1. The van der Waals surface area contributed by atoms with Crippen molar-refractivity contribution in [3.63, 3.8) is 0 Å². The zero-order chi connectivity index (χ0) is 42.5. The van der Waals surface area contributed by atoms with Crippen LogP contribution in [0, 0.1) is 0 Å². The van der Waals surface area contributed by atoms with Crippen LogP contribution in [0.4, 0.5) is 17.1 Å². The van der Waals surface area contributed by atoms with Crippen molar-refractivity contribution in [1.29, 1.82) is 0 Å². The molecule has 10 aromatic rings. The molecule has 0 N–H and O–H groups in total. The molecule has 0 heterocycles. The molecule has 0 radical (unpaired) electrons. The van der Waals surface area contributed by atoms with Crippen LogP contribution in [0.5, 0.6) is 0 Å². The highest BCUT2D eigenvalue weighted by Gasteiger charge is 2.47. The lowest BCUT2D eigenvalue weighted by molar-refractivity contribution is 0.445. The highest BCUT2D eigenvalue weighted by atomic mass is 15.2. The minimum Gasteiger partial charge on any atom is -0.309 e. The predicted octanol–water partition coefficient (Wildman–Crippen LogP) is 17.2. The van der Waals surface area contributed by atoms with Crippen LogP contribution in [0.3, 0.4) is 0 Å². The summed E-state index contributed by atoms with van der Waals surface area (Å²) in [6.45, 7) is 0. The van der Waals surface area contributed by atoms with Crippen molar-refractivity contribution >= 4 is 38.6 Å². The van der Waals surface area contributed by atoms with Gasteiger partial charge in [-0.15, -0.1) is 0 Å². The molecule has 0 amide bonds. The Morgan fingerprint density at radius 3 is 1.55 bits per heavy atom. The molecule has 2 aliphatic rings. The summed E-state index contributed by atoms with van der Waals surface area (Å²) >= 11 is 0. The minimum atomic E-state index is -0.532. The summed E-state index contributed by atoms with van der Waals surface area (Å²) in [7, 11) is 0. The van der Waals surface area contributed by atoms with E-state index < -0.39 is 5.41 Å². The number of anilines is 3. The van der Waals surface area contributed by atoms with Crippen LogP contribution in [0.25, 0.3) is 54.9 Å². The van der Waals surface area contributed by atoms with Gasteiger partial charge in [0.1, 0.15) is 0 Å². The number of benzene rings is 10. The van der Waals surface area contributed by atoms with Crippen LogP contribution in [0.1, 0.15) is 65.8 Å². The van der Waals surface area contributed by atoms with E-state index >= 15 is 0 Å². The van der Waals surface area contributed by atoms with Crippen molar-refractivity contribution in [2.45, 2.75) is 43.4 Å². The third kappa shape index (κ3) is 6.06. The van der Waals surface area contributed by atoms with Crippen molar-refractivity contribution in [2.75, 3.05) is 4.90 Å². The lowest BCUT2D eigenvalue weighted by Gasteiger charge is -2.35. The number of fused-ring (bicyclic) bond motifs is 5. The zero-order valence-corrected chi connectivity index (χ0v) is 36.0. The molecular formula is C63H49N. The van der Waals surface area contributed by atoms with Crippen LogP contribution in [-0.4, -0.2) is 0 Å². The molecule has 10 aromatic carbocycles. The van der Waals surface area contributed by atoms with Crippen LogP contribution in [0.15, 0.2) is 231 Å². The maximum Gasteiger partial charge on any atom is 0.0714 e. The molecule has 0 saturated heterocycles. The maximum absolute atomic E-state index is 2.61. The molecule has 1 saturated carbocycles. The van der Waals surface area contributed by atoms with Crippen LogP contribution >= 0.6 is 0 Å². The van der Waals surface area contributed by atoms with Gasteiger partial charge in [0, 0.05) is 16.7 Å². The Hall–Kier alpha value is -7.48. The number of para-hydroxylation sites is 2. The van der Waals surface area contributed by atoms with Gasteiger partial charge in [-0.25, -0.2) is 0 Å². The first-order valence-corrected chi connectivity index (χ1v) is 23.1. The lowest BCUT2D eigenvalue weighted by atomic mass is 9.68. The van der Waals surface area contributed by atoms with E-state index in [4.69, 9.17) is 0 Å². The first kappa shape index (κ1) is 38.2. The second kappa shape index (κ2) is 16.0. The molecule has 2 aliphatic carbocycles. The van der Waals surface area contributed by atoms with Crippen molar-refractivity contribution in [1.82, 2.24) is 0 Å². The molecule has 0 atom stereocenters. The van der Waals surface area contributed by atoms with Crippen LogP contribution in [-0.2, 0) is 5.41 Å². The summed E-state index contributed by atoms with van der Waals surface area (Å²) in [5.74, 6) is 0.562. The average molecular weight is 820 g/mol. The van der Waals surface area contributed by atoms with Crippen molar-refractivity contribution in [3.8, 4) is 33.4 Å². The van der Waals surface area contributed by atoms with Gasteiger partial charge in [-0.1, -0.05) is 232 Å². The highest BCUT2D eigenvalue weighted by molar-refractivity contribution is 6.08. The van der Waals surface area contributed by atoms with Crippen molar-refractivity contribution in [2.24, 2.45) is 0 Å². The number of hydrogen-bond donors (Lipinski definition) is 0. The van der Waals surface area contributed by atoms with Crippen molar-refractivity contribution < 1.29 is 0 Å². The highest BCUT2D eigenvalue weighted by Crippen LogP contribution is 2.60. The third-order valence-corrected chi connectivity index (χ3v) is 14.3. The summed E-state index contributed by atoms with van der Waals surface area (Å²) < 4.78 is 0. The van der Waals surface area contributed by atoms with Gasteiger partial charge in [-0.3, -0.25) is 0 Å². The smallest absolute Gasteiger partial charge is 0.0714 e. The van der Waals surface area contributed by atoms with E-state index in [1.165, 1.54) is 115 Å². The monoisotopic (exact) mass is 819 g/mol. The largest absolute Gasteiger partial charge is 0.309 e. The number of rotatable bonds is 8. The Labute approximate surface area is 376 Å².